The van der Waals surface area contributed by atoms with Gasteiger partial charge in [-0.1, -0.05) is 23.5 Å². The van der Waals surface area contributed by atoms with E-state index in [-0.39, 0.29) is 19.9 Å². The lowest BCUT2D eigenvalue weighted by atomic mass is 10.5. The van der Waals surface area contributed by atoms with Gasteiger partial charge in [0.25, 0.3) is 0 Å². The van der Waals surface area contributed by atoms with Crippen LogP contribution in [0.1, 0.15) is 13.8 Å². The van der Waals surface area contributed by atoms with Gasteiger partial charge in [0.1, 0.15) is 17.3 Å². The minimum absolute atomic E-state index is 0.101. The highest BCUT2D eigenvalue weighted by Crippen LogP contribution is 2.31. The molecule has 2 heterocycles. The molecule has 2 unspecified atom stereocenters. The average Bonchev–Trinajstić information content (AvgIpc) is 2.98. The predicted octanol–water partition coefficient (Wildman–Crippen LogP) is -0.275. The number of imidazole rings is 1. The van der Waals surface area contributed by atoms with Crippen LogP contribution in [0.5, 0.6) is 0 Å². The molecule has 5 N–H and O–H groups in total. The number of ether oxygens (including phenoxy) is 1. The topological polar surface area (TPSA) is 159 Å². The summed E-state index contributed by atoms with van der Waals surface area (Å²) < 4.78 is 6.95. The van der Waals surface area contributed by atoms with Crippen LogP contribution in [0.2, 0.25) is 0 Å². The van der Waals surface area contributed by atoms with E-state index in [1.54, 1.807) is 18.4 Å². The Bertz CT molecular complexity index is 799. The largest absolute Gasteiger partial charge is 0.394 e. The van der Waals surface area contributed by atoms with Gasteiger partial charge in [0, 0.05) is 0 Å². The van der Waals surface area contributed by atoms with Crippen LogP contribution in [0.15, 0.2) is 16.5 Å². The van der Waals surface area contributed by atoms with Crippen molar-refractivity contribution in [3.05, 3.63) is 6.33 Å². The Morgan fingerprint density at radius 3 is 2.50 bits per heavy atom. The zero-order valence-corrected chi connectivity index (χ0v) is 15.9. The van der Waals surface area contributed by atoms with Crippen molar-refractivity contribution < 1.29 is 19.4 Å². The number of fused-ring (bicyclic) bond motifs is 1. The van der Waals surface area contributed by atoms with Crippen molar-refractivity contribution in [1.82, 2.24) is 19.5 Å². The Hall–Kier alpha value is -1.89. The quantitative estimate of drug-likeness (QED) is 0.211. The maximum atomic E-state index is 11.4. The molecule has 0 radical (unpaired) electrons. The van der Waals surface area contributed by atoms with Crippen LogP contribution in [0.3, 0.4) is 0 Å². The van der Waals surface area contributed by atoms with Gasteiger partial charge in [0.15, 0.2) is 10.8 Å². The lowest BCUT2D eigenvalue weighted by Crippen LogP contribution is -2.23. The number of thioether (sulfide) groups is 2. The van der Waals surface area contributed by atoms with E-state index >= 15 is 0 Å². The SMILES string of the molecule is CC(Sc1nc(SC(C)C(N)=O)c2ncn(COCCO)c2n1)C(N)=O. The van der Waals surface area contributed by atoms with E-state index in [2.05, 4.69) is 15.0 Å². The zero-order valence-electron chi connectivity index (χ0n) is 14.3. The fourth-order valence-electron chi connectivity index (χ4n) is 1.80. The Kier molecular flexibility index (Phi) is 7.20. The van der Waals surface area contributed by atoms with E-state index in [1.807, 2.05) is 0 Å². The molecule has 2 rings (SSSR count). The van der Waals surface area contributed by atoms with Crippen molar-refractivity contribution in [2.24, 2.45) is 11.5 Å². The second kappa shape index (κ2) is 9.16. The van der Waals surface area contributed by atoms with Crippen molar-refractivity contribution in [3.63, 3.8) is 0 Å². The monoisotopic (exact) mass is 400 g/mol. The first-order valence-electron chi connectivity index (χ1n) is 7.67. The van der Waals surface area contributed by atoms with Crippen molar-refractivity contribution in [2.45, 2.75) is 41.3 Å². The molecule has 2 aromatic rings. The number of rotatable bonds is 10. The Labute approximate surface area is 158 Å². The molecule has 2 aromatic heterocycles. The van der Waals surface area contributed by atoms with Crippen molar-refractivity contribution in [1.29, 1.82) is 0 Å². The van der Waals surface area contributed by atoms with Gasteiger partial charge in [-0.05, 0) is 13.8 Å². The summed E-state index contributed by atoms with van der Waals surface area (Å²) in [6.07, 6.45) is 1.53. The number of carbonyl (C=O) groups excluding carboxylic acids is 2. The molecule has 26 heavy (non-hydrogen) atoms. The molecular weight excluding hydrogens is 380 g/mol. The summed E-state index contributed by atoms with van der Waals surface area (Å²) in [5, 5.41) is 8.58. The highest BCUT2D eigenvalue weighted by Gasteiger charge is 2.21. The summed E-state index contributed by atoms with van der Waals surface area (Å²) in [6, 6.07) is 0. The number of aliphatic hydroxyl groups excluding tert-OH is 1. The molecule has 0 spiro atoms. The first-order valence-corrected chi connectivity index (χ1v) is 9.42. The molecule has 12 heteroatoms. The molecule has 0 aliphatic carbocycles. The summed E-state index contributed by atoms with van der Waals surface area (Å²) in [7, 11) is 0. The van der Waals surface area contributed by atoms with Gasteiger partial charge in [0.05, 0.1) is 30.0 Å². The summed E-state index contributed by atoms with van der Waals surface area (Å²) in [5.74, 6) is -0.967. The number of nitrogens with two attached hydrogens (primary N) is 2. The molecule has 0 aliphatic rings. The smallest absolute Gasteiger partial charge is 0.230 e. The van der Waals surface area contributed by atoms with E-state index in [1.165, 1.54) is 6.33 Å². The van der Waals surface area contributed by atoms with Crippen LogP contribution in [0.4, 0.5) is 0 Å². The maximum absolute atomic E-state index is 11.4. The summed E-state index contributed by atoms with van der Waals surface area (Å²) in [4.78, 5) is 35.8. The molecule has 0 saturated heterocycles. The molecule has 10 nitrogen and oxygen atoms in total. The summed E-state index contributed by atoms with van der Waals surface area (Å²) in [5.41, 5.74) is 11.6. The minimum Gasteiger partial charge on any atom is -0.394 e. The van der Waals surface area contributed by atoms with Crippen LogP contribution in [-0.4, -0.2) is 60.2 Å². The van der Waals surface area contributed by atoms with Crippen molar-refractivity contribution in [2.75, 3.05) is 13.2 Å². The van der Waals surface area contributed by atoms with E-state index in [9.17, 15) is 9.59 Å². The number of aliphatic hydroxyl groups is 1. The van der Waals surface area contributed by atoms with Gasteiger partial charge in [-0.3, -0.25) is 14.2 Å². The van der Waals surface area contributed by atoms with E-state index < -0.39 is 22.3 Å². The third-order valence-corrected chi connectivity index (χ3v) is 5.32. The molecule has 142 valence electrons. The molecule has 2 atom stereocenters. The fraction of sp³-hybridized carbons (Fsp3) is 0.500. The maximum Gasteiger partial charge on any atom is 0.230 e. The number of primary amides is 2. The number of hydrogen-bond donors (Lipinski definition) is 3. The predicted molar refractivity (Wildman–Crippen MR) is 97.4 cm³/mol. The zero-order chi connectivity index (χ0) is 19.3. The number of hydrogen-bond acceptors (Lipinski definition) is 9. The second-order valence-corrected chi connectivity index (χ2v) is 7.92. The van der Waals surface area contributed by atoms with Gasteiger partial charge in [-0.2, -0.15) is 0 Å². The van der Waals surface area contributed by atoms with Gasteiger partial charge in [-0.15, -0.1) is 0 Å². The third kappa shape index (κ3) is 5.06. The molecule has 2 amide bonds. The van der Waals surface area contributed by atoms with Crippen molar-refractivity contribution in [3.8, 4) is 0 Å². The van der Waals surface area contributed by atoms with Crippen LogP contribution < -0.4 is 11.5 Å². The Morgan fingerprint density at radius 1 is 1.23 bits per heavy atom. The van der Waals surface area contributed by atoms with Crippen LogP contribution in [-0.2, 0) is 21.1 Å². The van der Waals surface area contributed by atoms with Gasteiger partial charge in [0.2, 0.25) is 11.8 Å². The van der Waals surface area contributed by atoms with E-state index in [0.29, 0.717) is 21.3 Å². The minimum atomic E-state index is -0.527. The highest BCUT2D eigenvalue weighted by molar-refractivity contribution is 8.01. The third-order valence-electron chi connectivity index (χ3n) is 3.25. The molecule has 0 aliphatic heterocycles. The number of carbonyl (C=O) groups is 2. The lowest BCUT2D eigenvalue weighted by Gasteiger charge is -2.11. The van der Waals surface area contributed by atoms with E-state index in [0.717, 1.165) is 23.5 Å². The number of aromatic nitrogens is 4. The van der Waals surface area contributed by atoms with Gasteiger partial charge >= 0.3 is 0 Å². The molecule has 0 aromatic carbocycles. The second-order valence-electron chi connectivity index (χ2n) is 5.28. The van der Waals surface area contributed by atoms with E-state index in [4.69, 9.17) is 21.3 Å². The first kappa shape index (κ1) is 20.4. The Balaban J connectivity index is 2.42. The standard InChI is InChI=1S/C14H20N6O4S2/c1-7(10(15)22)25-13-9-12(20(5-17-9)6-24-4-3-21)18-14(19-13)26-8(2)11(16)23/h5,7-8,21H,3-4,6H2,1-2H3,(H2,15,22)(H2,16,23). The van der Waals surface area contributed by atoms with Crippen LogP contribution in [0, 0.1) is 0 Å². The fourth-order valence-corrected chi connectivity index (χ4v) is 3.42. The highest BCUT2D eigenvalue weighted by atomic mass is 32.2. The van der Waals surface area contributed by atoms with Crippen LogP contribution in [0.25, 0.3) is 11.2 Å². The van der Waals surface area contributed by atoms with Gasteiger partial charge in [-0.25, -0.2) is 15.0 Å². The molecule has 0 fully saturated rings. The van der Waals surface area contributed by atoms with Crippen LogP contribution >= 0.6 is 23.5 Å². The molecule has 0 bridgehead atoms. The lowest BCUT2D eigenvalue weighted by molar-refractivity contribution is -0.118. The Morgan fingerprint density at radius 2 is 1.88 bits per heavy atom. The van der Waals surface area contributed by atoms with Crippen molar-refractivity contribution >= 4 is 46.5 Å². The average molecular weight is 400 g/mol. The molecular formula is C14H20N6O4S2. The normalized spacial score (nSPS) is 13.7. The number of nitrogens with zero attached hydrogens (tertiary/aromatic N) is 4. The van der Waals surface area contributed by atoms with Gasteiger partial charge < -0.3 is 21.3 Å². The number of amides is 2. The summed E-state index contributed by atoms with van der Waals surface area (Å²) >= 11 is 2.27. The first-order chi connectivity index (χ1) is 12.3. The molecule has 0 saturated carbocycles. The summed E-state index contributed by atoms with van der Waals surface area (Å²) in [6.45, 7) is 3.53.